The van der Waals surface area contributed by atoms with Crippen LogP contribution in [0.15, 0.2) is 24.5 Å². The molecule has 0 radical (unpaired) electrons. The minimum Gasteiger partial charge on any atom is -0.320 e. The molecule has 2 aromatic rings. The highest BCUT2D eigenvalue weighted by Crippen LogP contribution is 2.35. The summed E-state index contributed by atoms with van der Waals surface area (Å²) in [6.45, 7) is 0.272. The molecule has 88 valence electrons. The maximum Gasteiger partial charge on any atom is 0.433 e. The Morgan fingerprint density at radius 2 is 2.06 bits per heavy atom. The van der Waals surface area contributed by atoms with Gasteiger partial charge in [-0.3, -0.25) is 4.98 Å². The molecule has 2 aromatic heterocycles. The van der Waals surface area contributed by atoms with Crippen molar-refractivity contribution in [3.8, 4) is 11.4 Å². The molecule has 0 aromatic carbocycles. The number of nitrogens with zero attached hydrogens (tertiary/aromatic N) is 3. The second-order valence-corrected chi connectivity index (χ2v) is 3.86. The number of alkyl halides is 3. The molecular formula is C11H8F3N3. The Bertz CT molecular complexity index is 572. The maximum atomic E-state index is 12.7. The average molecular weight is 239 g/mol. The van der Waals surface area contributed by atoms with Gasteiger partial charge in [-0.2, -0.15) is 13.2 Å². The van der Waals surface area contributed by atoms with Crippen LogP contribution in [0.5, 0.6) is 0 Å². The van der Waals surface area contributed by atoms with E-state index in [9.17, 15) is 13.2 Å². The number of hydrogen-bond donors (Lipinski definition) is 0. The van der Waals surface area contributed by atoms with Crippen LogP contribution < -0.4 is 0 Å². The number of fused-ring (bicyclic) bond motifs is 3. The molecule has 0 bridgehead atoms. The number of pyridine rings is 1. The van der Waals surface area contributed by atoms with Gasteiger partial charge in [-0.05, 0) is 12.1 Å². The summed E-state index contributed by atoms with van der Waals surface area (Å²) in [6, 6.07) is 3.46. The fourth-order valence-corrected chi connectivity index (χ4v) is 2.10. The van der Waals surface area contributed by atoms with E-state index in [1.807, 2.05) is 0 Å². The summed E-state index contributed by atoms with van der Waals surface area (Å²) in [5, 5.41) is 0. The van der Waals surface area contributed by atoms with E-state index in [1.165, 1.54) is 4.57 Å². The fraction of sp³-hybridized carbons (Fsp3) is 0.273. The van der Waals surface area contributed by atoms with E-state index in [0.29, 0.717) is 17.8 Å². The molecule has 0 aliphatic carbocycles. The number of halogens is 3. The number of aryl methyl sites for hydroxylation is 1. The van der Waals surface area contributed by atoms with Gasteiger partial charge in [0.1, 0.15) is 11.5 Å². The summed E-state index contributed by atoms with van der Waals surface area (Å²) in [7, 11) is 0. The van der Waals surface area contributed by atoms with Gasteiger partial charge in [-0.15, -0.1) is 0 Å². The first kappa shape index (κ1) is 10.3. The van der Waals surface area contributed by atoms with Gasteiger partial charge >= 0.3 is 6.18 Å². The van der Waals surface area contributed by atoms with E-state index in [2.05, 4.69) is 9.97 Å². The lowest BCUT2D eigenvalue weighted by molar-refractivity contribution is -0.143. The topological polar surface area (TPSA) is 30.7 Å². The summed E-state index contributed by atoms with van der Waals surface area (Å²) in [5.74, 6) is 0.353. The highest BCUT2D eigenvalue weighted by Gasteiger charge is 2.37. The van der Waals surface area contributed by atoms with E-state index in [1.54, 1.807) is 18.3 Å². The van der Waals surface area contributed by atoms with Crippen molar-refractivity contribution in [1.29, 1.82) is 0 Å². The highest BCUT2D eigenvalue weighted by molar-refractivity contribution is 5.60. The van der Waals surface area contributed by atoms with Gasteiger partial charge < -0.3 is 4.57 Å². The molecule has 3 heterocycles. The maximum absolute atomic E-state index is 12.7. The molecule has 6 heteroatoms. The molecule has 0 amide bonds. The molecule has 17 heavy (non-hydrogen) atoms. The molecule has 0 saturated carbocycles. The van der Waals surface area contributed by atoms with Crippen molar-refractivity contribution >= 4 is 0 Å². The summed E-state index contributed by atoms with van der Waals surface area (Å²) in [5.41, 5.74) is 0.801. The lowest BCUT2D eigenvalue weighted by atomic mass is 10.1. The standard InChI is InChI=1S/C11H8F3N3/c12-11(13,14)9-6-16-10-7-2-1-4-15-8(7)3-5-17(9)10/h1-2,4,6H,3,5H2. The van der Waals surface area contributed by atoms with Gasteiger partial charge in [0, 0.05) is 24.7 Å². The molecule has 3 nitrogen and oxygen atoms in total. The van der Waals surface area contributed by atoms with E-state index in [4.69, 9.17) is 0 Å². The van der Waals surface area contributed by atoms with Crippen LogP contribution in [0.1, 0.15) is 11.4 Å². The van der Waals surface area contributed by atoms with Crippen LogP contribution in [-0.4, -0.2) is 14.5 Å². The summed E-state index contributed by atoms with van der Waals surface area (Å²) < 4.78 is 39.3. The molecule has 0 N–H and O–H groups in total. The quantitative estimate of drug-likeness (QED) is 0.707. The third-order valence-corrected chi connectivity index (χ3v) is 2.85. The van der Waals surface area contributed by atoms with Crippen LogP contribution in [0.4, 0.5) is 13.2 Å². The first-order valence-electron chi connectivity index (χ1n) is 5.14. The first-order valence-corrected chi connectivity index (χ1v) is 5.14. The van der Waals surface area contributed by atoms with Crippen molar-refractivity contribution in [1.82, 2.24) is 14.5 Å². The summed E-state index contributed by atoms with van der Waals surface area (Å²) in [6.07, 6.45) is -1.33. The average Bonchev–Trinajstić information content (AvgIpc) is 2.72. The Kier molecular flexibility index (Phi) is 2.01. The zero-order chi connectivity index (χ0) is 12.0. The van der Waals surface area contributed by atoms with Crippen molar-refractivity contribution in [3.05, 3.63) is 35.9 Å². The van der Waals surface area contributed by atoms with E-state index < -0.39 is 11.9 Å². The highest BCUT2D eigenvalue weighted by atomic mass is 19.4. The summed E-state index contributed by atoms with van der Waals surface area (Å²) in [4.78, 5) is 8.02. The van der Waals surface area contributed by atoms with Gasteiger partial charge in [-0.1, -0.05) is 0 Å². The predicted octanol–water partition coefficient (Wildman–Crippen LogP) is 2.52. The Labute approximate surface area is 94.9 Å². The molecular weight excluding hydrogens is 231 g/mol. The number of aromatic nitrogens is 3. The van der Waals surface area contributed by atoms with Gasteiger partial charge in [0.15, 0.2) is 0 Å². The molecule has 1 aliphatic heterocycles. The van der Waals surface area contributed by atoms with Crippen LogP contribution in [0.3, 0.4) is 0 Å². The zero-order valence-corrected chi connectivity index (χ0v) is 8.70. The largest absolute Gasteiger partial charge is 0.433 e. The van der Waals surface area contributed by atoms with Gasteiger partial charge in [-0.25, -0.2) is 4.98 Å². The lowest BCUT2D eigenvalue weighted by Crippen LogP contribution is -2.19. The third kappa shape index (κ3) is 1.51. The normalized spacial score (nSPS) is 14.3. The summed E-state index contributed by atoms with van der Waals surface area (Å²) >= 11 is 0. The molecule has 0 saturated heterocycles. The minimum atomic E-state index is -4.36. The lowest BCUT2D eigenvalue weighted by Gasteiger charge is -2.19. The Hall–Kier alpha value is -1.85. The van der Waals surface area contributed by atoms with Crippen molar-refractivity contribution in [2.75, 3.05) is 0 Å². The van der Waals surface area contributed by atoms with Crippen LogP contribution in [-0.2, 0) is 19.1 Å². The van der Waals surface area contributed by atoms with Crippen LogP contribution in [0.25, 0.3) is 11.4 Å². The second-order valence-electron chi connectivity index (χ2n) is 3.86. The van der Waals surface area contributed by atoms with E-state index >= 15 is 0 Å². The van der Waals surface area contributed by atoms with Crippen molar-refractivity contribution in [2.24, 2.45) is 0 Å². The Morgan fingerprint density at radius 1 is 1.24 bits per heavy atom. The van der Waals surface area contributed by atoms with Crippen molar-refractivity contribution < 1.29 is 13.2 Å². The van der Waals surface area contributed by atoms with Gasteiger partial charge in [0.25, 0.3) is 0 Å². The molecule has 0 atom stereocenters. The molecule has 0 fully saturated rings. The van der Waals surface area contributed by atoms with E-state index in [-0.39, 0.29) is 6.54 Å². The van der Waals surface area contributed by atoms with Crippen molar-refractivity contribution in [2.45, 2.75) is 19.1 Å². The first-order chi connectivity index (χ1) is 8.07. The fourth-order valence-electron chi connectivity index (χ4n) is 2.10. The Morgan fingerprint density at radius 3 is 2.82 bits per heavy atom. The number of hydrogen-bond acceptors (Lipinski definition) is 2. The van der Waals surface area contributed by atoms with Gasteiger partial charge in [0.05, 0.1) is 11.9 Å². The smallest absolute Gasteiger partial charge is 0.320 e. The molecule has 1 aliphatic rings. The number of rotatable bonds is 0. The molecule has 0 unspecified atom stereocenters. The zero-order valence-electron chi connectivity index (χ0n) is 8.70. The second kappa shape index (κ2) is 3.32. The Balaban J connectivity index is 2.20. The van der Waals surface area contributed by atoms with Crippen LogP contribution >= 0.6 is 0 Å². The number of imidazole rings is 1. The minimum absolute atomic E-state index is 0.272. The monoisotopic (exact) mass is 239 g/mol. The SMILES string of the molecule is FC(F)(F)c1cnc2n1CCc1ncccc1-2. The van der Waals surface area contributed by atoms with Gasteiger partial charge in [0.2, 0.25) is 0 Å². The predicted molar refractivity (Wildman–Crippen MR) is 54.2 cm³/mol. The third-order valence-electron chi connectivity index (χ3n) is 2.85. The molecule has 3 rings (SSSR count). The van der Waals surface area contributed by atoms with Crippen LogP contribution in [0.2, 0.25) is 0 Å². The van der Waals surface area contributed by atoms with Crippen molar-refractivity contribution in [3.63, 3.8) is 0 Å². The van der Waals surface area contributed by atoms with E-state index in [0.717, 1.165) is 11.9 Å². The van der Waals surface area contributed by atoms with Crippen LogP contribution in [0, 0.1) is 0 Å². The molecule has 0 spiro atoms.